The quantitative estimate of drug-likeness (QED) is 0.764. The molecule has 1 atom stereocenters. The molecule has 0 heterocycles. The molecule has 0 aliphatic heterocycles. The van der Waals surface area contributed by atoms with Gasteiger partial charge in [0, 0.05) is 4.47 Å². The van der Waals surface area contributed by atoms with E-state index < -0.39 is 0 Å². The molecule has 1 unspecified atom stereocenters. The third-order valence-electron chi connectivity index (χ3n) is 2.75. The molecule has 0 radical (unpaired) electrons. The Bertz CT molecular complexity index is 466. The summed E-state index contributed by atoms with van der Waals surface area (Å²) in [5, 5.41) is 9.29. The van der Waals surface area contributed by atoms with E-state index in [1.54, 1.807) is 7.11 Å². The van der Waals surface area contributed by atoms with Crippen LogP contribution in [0, 0.1) is 11.3 Å². The molecule has 0 aliphatic carbocycles. The maximum atomic E-state index is 9.29. The second kappa shape index (κ2) is 7.40. The summed E-state index contributed by atoms with van der Waals surface area (Å²) in [4.78, 5) is 0. The van der Waals surface area contributed by atoms with E-state index in [1.165, 1.54) is 0 Å². The first kappa shape index (κ1) is 15.8. The molecule has 4 heteroatoms. The molecular weight excluding hydrogens is 306 g/mol. The Balaban J connectivity index is 3.22. The number of halogens is 1. The SMILES string of the molecule is CCCC(C#N)c1cc(OC(C)C)c(OC)cc1Br. The van der Waals surface area contributed by atoms with E-state index >= 15 is 0 Å². The molecule has 0 amide bonds. The predicted octanol–water partition coefficient (Wildman–Crippen LogP) is 4.65. The molecule has 0 fully saturated rings. The molecule has 19 heavy (non-hydrogen) atoms. The highest BCUT2D eigenvalue weighted by Crippen LogP contribution is 2.38. The molecular formula is C15H20BrNO2. The van der Waals surface area contributed by atoms with Crippen molar-refractivity contribution in [1.82, 2.24) is 0 Å². The van der Waals surface area contributed by atoms with Crippen LogP contribution in [-0.4, -0.2) is 13.2 Å². The van der Waals surface area contributed by atoms with Crippen molar-refractivity contribution in [2.75, 3.05) is 7.11 Å². The van der Waals surface area contributed by atoms with Gasteiger partial charge >= 0.3 is 0 Å². The van der Waals surface area contributed by atoms with Gasteiger partial charge in [0.05, 0.1) is 25.2 Å². The van der Waals surface area contributed by atoms with Gasteiger partial charge in [-0.2, -0.15) is 5.26 Å². The van der Waals surface area contributed by atoms with E-state index in [9.17, 15) is 5.26 Å². The Morgan fingerprint density at radius 2 is 2.00 bits per heavy atom. The van der Waals surface area contributed by atoms with Gasteiger partial charge in [-0.05, 0) is 38.0 Å². The molecule has 0 spiro atoms. The zero-order valence-corrected chi connectivity index (χ0v) is 13.5. The van der Waals surface area contributed by atoms with E-state index in [-0.39, 0.29) is 12.0 Å². The van der Waals surface area contributed by atoms with Gasteiger partial charge in [0.25, 0.3) is 0 Å². The van der Waals surface area contributed by atoms with Crippen molar-refractivity contribution >= 4 is 15.9 Å². The van der Waals surface area contributed by atoms with Crippen molar-refractivity contribution < 1.29 is 9.47 Å². The Morgan fingerprint density at radius 1 is 1.32 bits per heavy atom. The van der Waals surface area contributed by atoms with Gasteiger partial charge in [-0.15, -0.1) is 0 Å². The smallest absolute Gasteiger partial charge is 0.161 e. The summed E-state index contributed by atoms with van der Waals surface area (Å²) in [5.41, 5.74) is 0.959. The molecule has 0 saturated carbocycles. The summed E-state index contributed by atoms with van der Waals surface area (Å²) in [5.74, 6) is 1.24. The van der Waals surface area contributed by atoms with E-state index in [0.717, 1.165) is 22.9 Å². The predicted molar refractivity (Wildman–Crippen MR) is 79.7 cm³/mol. The summed E-state index contributed by atoms with van der Waals surface area (Å²) in [6.07, 6.45) is 1.87. The molecule has 1 aromatic rings. The average Bonchev–Trinajstić information content (AvgIpc) is 2.37. The van der Waals surface area contributed by atoms with Crippen LogP contribution >= 0.6 is 15.9 Å². The molecule has 1 aromatic carbocycles. The number of methoxy groups -OCH3 is 1. The van der Waals surface area contributed by atoms with E-state index in [2.05, 4.69) is 28.9 Å². The number of nitrogens with zero attached hydrogens (tertiary/aromatic N) is 1. The fourth-order valence-electron chi connectivity index (χ4n) is 1.90. The van der Waals surface area contributed by atoms with Gasteiger partial charge in [-0.25, -0.2) is 0 Å². The van der Waals surface area contributed by atoms with Crippen LogP contribution < -0.4 is 9.47 Å². The zero-order chi connectivity index (χ0) is 14.4. The average molecular weight is 326 g/mol. The molecule has 3 nitrogen and oxygen atoms in total. The normalized spacial score (nSPS) is 12.1. The number of hydrogen-bond donors (Lipinski definition) is 0. The van der Waals surface area contributed by atoms with Crippen molar-refractivity contribution in [2.45, 2.75) is 45.6 Å². The van der Waals surface area contributed by atoms with Crippen molar-refractivity contribution in [1.29, 1.82) is 5.26 Å². The first-order valence-corrected chi connectivity index (χ1v) is 7.26. The van der Waals surface area contributed by atoms with Crippen molar-refractivity contribution in [3.05, 3.63) is 22.2 Å². The lowest BCUT2D eigenvalue weighted by molar-refractivity contribution is 0.229. The highest BCUT2D eigenvalue weighted by molar-refractivity contribution is 9.10. The second-order valence-corrected chi connectivity index (χ2v) is 5.52. The fourth-order valence-corrected chi connectivity index (χ4v) is 2.50. The highest BCUT2D eigenvalue weighted by Gasteiger charge is 2.18. The maximum Gasteiger partial charge on any atom is 0.161 e. The standard InChI is InChI=1S/C15H20BrNO2/c1-5-6-11(9-17)12-7-15(19-10(2)3)14(18-4)8-13(12)16/h7-8,10-11H,5-6H2,1-4H3. The number of rotatable bonds is 6. The van der Waals surface area contributed by atoms with Crippen molar-refractivity contribution in [3.63, 3.8) is 0 Å². The van der Waals surface area contributed by atoms with Crippen LogP contribution in [0.25, 0.3) is 0 Å². The summed E-state index contributed by atoms with van der Waals surface area (Å²) < 4.78 is 12.0. The van der Waals surface area contributed by atoms with Gasteiger partial charge in [0.1, 0.15) is 0 Å². The first-order valence-electron chi connectivity index (χ1n) is 6.47. The minimum absolute atomic E-state index is 0.0645. The molecule has 0 saturated heterocycles. The lowest BCUT2D eigenvalue weighted by Gasteiger charge is -2.18. The van der Waals surface area contributed by atoms with Crippen LogP contribution in [0.1, 0.15) is 45.1 Å². The molecule has 0 aromatic heterocycles. The second-order valence-electron chi connectivity index (χ2n) is 4.66. The Morgan fingerprint density at radius 3 is 2.47 bits per heavy atom. The Hall–Kier alpha value is -1.21. The number of hydrogen-bond acceptors (Lipinski definition) is 3. The van der Waals surface area contributed by atoms with E-state index in [1.807, 2.05) is 26.0 Å². The van der Waals surface area contributed by atoms with Gasteiger partial charge in [0.2, 0.25) is 0 Å². The van der Waals surface area contributed by atoms with Crippen LogP contribution in [-0.2, 0) is 0 Å². The molecule has 1 rings (SSSR count). The van der Waals surface area contributed by atoms with E-state index in [0.29, 0.717) is 11.5 Å². The third kappa shape index (κ3) is 4.14. The number of nitriles is 1. The van der Waals surface area contributed by atoms with Crippen LogP contribution in [0.4, 0.5) is 0 Å². The van der Waals surface area contributed by atoms with Crippen molar-refractivity contribution in [3.8, 4) is 17.6 Å². The van der Waals surface area contributed by atoms with Gasteiger partial charge in [0.15, 0.2) is 11.5 Å². The molecule has 104 valence electrons. The largest absolute Gasteiger partial charge is 0.493 e. The molecule has 0 aliphatic rings. The van der Waals surface area contributed by atoms with Gasteiger partial charge in [-0.1, -0.05) is 29.3 Å². The summed E-state index contributed by atoms with van der Waals surface area (Å²) in [6.45, 7) is 6.01. The van der Waals surface area contributed by atoms with E-state index in [4.69, 9.17) is 9.47 Å². The van der Waals surface area contributed by atoms with Crippen molar-refractivity contribution in [2.24, 2.45) is 0 Å². The summed E-state index contributed by atoms with van der Waals surface area (Å²) >= 11 is 3.51. The first-order chi connectivity index (χ1) is 9.03. The summed E-state index contributed by atoms with van der Waals surface area (Å²) in [7, 11) is 1.61. The fraction of sp³-hybridized carbons (Fsp3) is 0.533. The van der Waals surface area contributed by atoms with Crippen LogP contribution in [0.15, 0.2) is 16.6 Å². The third-order valence-corrected chi connectivity index (χ3v) is 3.44. The molecule has 0 N–H and O–H groups in total. The number of ether oxygens (including phenoxy) is 2. The number of benzene rings is 1. The van der Waals surface area contributed by atoms with Crippen LogP contribution in [0.2, 0.25) is 0 Å². The lowest BCUT2D eigenvalue weighted by Crippen LogP contribution is -2.08. The summed E-state index contributed by atoms with van der Waals surface area (Å²) in [6, 6.07) is 6.13. The molecule has 0 bridgehead atoms. The Labute approximate surface area is 123 Å². The monoisotopic (exact) mass is 325 g/mol. The topological polar surface area (TPSA) is 42.2 Å². The Kier molecular flexibility index (Phi) is 6.17. The van der Waals surface area contributed by atoms with Gasteiger partial charge in [-0.3, -0.25) is 0 Å². The minimum atomic E-state index is -0.125. The lowest BCUT2D eigenvalue weighted by atomic mass is 9.95. The minimum Gasteiger partial charge on any atom is -0.493 e. The maximum absolute atomic E-state index is 9.29. The zero-order valence-electron chi connectivity index (χ0n) is 11.9. The van der Waals surface area contributed by atoms with Crippen LogP contribution in [0.5, 0.6) is 11.5 Å². The highest BCUT2D eigenvalue weighted by atomic mass is 79.9. The van der Waals surface area contributed by atoms with Gasteiger partial charge < -0.3 is 9.47 Å². The van der Waals surface area contributed by atoms with Crippen LogP contribution in [0.3, 0.4) is 0 Å².